The molecule has 2 aromatic carbocycles. The van der Waals surface area contributed by atoms with E-state index in [0.717, 1.165) is 5.56 Å². The monoisotopic (exact) mass is 327 g/mol. The summed E-state index contributed by atoms with van der Waals surface area (Å²) in [5, 5.41) is 0. The van der Waals surface area contributed by atoms with Crippen LogP contribution in [0.4, 0.5) is 0 Å². The van der Waals surface area contributed by atoms with Gasteiger partial charge < -0.3 is 21.1 Å². The van der Waals surface area contributed by atoms with E-state index in [9.17, 15) is 9.59 Å². The molecule has 4 N–H and O–H groups in total. The summed E-state index contributed by atoms with van der Waals surface area (Å²) < 4.78 is 5.70. The normalized spacial score (nSPS) is 11.6. The molecule has 0 fully saturated rings. The Kier molecular flexibility index (Phi) is 5.55. The van der Waals surface area contributed by atoms with Crippen LogP contribution in [0.1, 0.15) is 15.9 Å². The highest BCUT2D eigenvalue weighted by Crippen LogP contribution is 2.22. The van der Waals surface area contributed by atoms with Crippen LogP contribution in [0.15, 0.2) is 48.5 Å². The second-order valence-electron chi connectivity index (χ2n) is 5.68. The molecule has 0 saturated carbocycles. The summed E-state index contributed by atoms with van der Waals surface area (Å²) in [6.07, 6.45) is 0.463. The molecule has 2 amide bonds. The van der Waals surface area contributed by atoms with Gasteiger partial charge in [-0.3, -0.25) is 9.59 Å². The molecule has 0 radical (unpaired) electrons. The van der Waals surface area contributed by atoms with Crippen molar-refractivity contribution < 1.29 is 14.3 Å². The molecule has 0 heterocycles. The Balaban J connectivity index is 1.99. The summed E-state index contributed by atoms with van der Waals surface area (Å²) >= 11 is 0. The molecule has 0 saturated heterocycles. The lowest BCUT2D eigenvalue weighted by Gasteiger charge is -2.16. The third kappa shape index (κ3) is 4.57. The van der Waals surface area contributed by atoms with Crippen molar-refractivity contribution in [2.24, 2.45) is 11.5 Å². The molecule has 0 aromatic heterocycles. The Bertz CT molecular complexity index is 709. The molecular formula is C18H21N3O3. The second kappa shape index (κ2) is 7.61. The van der Waals surface area contributed by atoms with Gasteiger partial charge in [0.05, 0.1) is 6.04 Å². The molecule has 6 nitrogen and oxygen atoms in total. The maximum absolute atomic E-state index is 11.8. The molecule has 0 spiro atoms. The number of nitrogens with two attached hydrogens (primary N) is 2. The molecule has 24 heavy (non-hydrogen) atoms. The minimum Gasteiger partial charge on any atom is -0.457 e. The van der Waals surface area contributed by atoms with Crippen LogP contribution in [0.25, 0.3) is 0 Å². The Morgan fingerprint density at radius 3 is 1.96 bits per heavy atom. The first kappa shape index (κ1) is 17.5. The van der Waals surface area contributed by atoms with Gasteiger partial charge in [0.25, 0.3) is 0 Å². The topological polar surface area (TPSA) is 98.7 Å². The average molecular weight is 327 g/mol. The fraction of sp³-hybridized carbons (Fsp3) is 0.222. The molecule has 1 atom stereocenters. The van der Waals surface area contributed by atoms with Crippen molar-refractivity contribution in [1.82, 2.24) is 4.90 Å². The van der Waals surface area contributed by atoms with Crippen LogP contribution in [0.2, 0.25) is 0 Å². The zero-order chi connectivity index (χ0) is 17.7. The number of hydrogen-bond acceptors (Lipinski definition) is 4. The summed E-state index contributed by atoms with van der Waals surface area (Å²) in [5.74, 6) is 0.671. The Morgan fingerprint density at radius 2 is 1.50 bits per heavy atom. The van der Waals surface area contributed by atoms with Gasteiger partial charge in [0, 0.05) is 19.7 Å². The highest BCUT2D eigenvalue weighted by Gasteiger charge is 2.15. The minimum absolute atomic E-state index is 0.107. The number of carbonyl (C=O) groups excluding carboxylic acids is 2. The zero-order valence-electron chi connectivity index (χ0n) is 13.7. The van der Waals surface area contributed by atoms with Crippen molar-refractivity contribution in [1.29, 1.82) is 0 Å². The molecule has 0 aliphatic rings. The van der Waals surface area contributed by atoms with Crippen LogP contribution >= 0.6 is 0 Å². The number of amides is 2. The van der Waals surface area contributed by atoms with Crippen molar-refractivity contribution in [2.45, 2.75) is 12.5 Å². The second-order valence-corrected chi connectivity index (χ2v) is 5.68. The van der Waals surface area contributed by atoms with Crippen molar-refractivity contribution in [3.05, 3.63) is 59.7 Å². The Labute approximate surface area is 141 Å². The zero-order valence-corrected chi connectivity index (χ0v) is 13.7. The first-order valence-electron chi connectivity index (χ1n) is 7.50. The smallest absolute Gasteiger partial charge is 0.248 e. The number of nitrogens with zero attached hydrogens (tertiary/aromatic N) is 1. The van der Waals surface area contributed by atoms with Crippen molar-refractivity contribution in [3.8, 4) is 11.5 Å². The minimum atomic E-state index is -0.562. The van der Waals surface area contributed by atoms with Crippen LogP contribution in [-0.4, -0.2) is 36.9 Å². The third-order valence-electron chi connectivity index (χ3n) is 3.51. The van der Waals surface area contributed by atoms with E-state index in [0.29, 0.717) is 23.5 Å². The van der Waals surface area contributed by atoms with E-state index in [-0.39, 0.29) is 5.91 Å². The number of likely N-dealkylation sites (N-methyl/N-ethyl adjacent to an activating group) is 1. The molecule has 1 unspecified atom stereocenters. The fourth-order valence-corrected chi connectivity index (χ4v) is 2.19. The molecule has 0 bridgehead atoms. The average Bonchev–Trinajstić information content (AvgIpc) is 2.56. The Morgan fingerprint density at radius 1 is 1.00 bits per heavy atom. The third-order valence-corrected chi connectivity index (χ3v) is 3.51. The lowest BCUT2D eigenvalue weighted by molar-refractivity contribution is -0.130. The van der Waals surface area contributed by atoms with Gasteiger partial charge in [-0.15, -0.1) is 0 Å². The van der Waals surface area contributed by atoms with E-state index >= 15 is 0 Å². The number of benzene rings is 2. The number of carbonyl (C=O) groups is 2. The highest BCUT2D eigenvalue weighted by atomic mass is 16.5. The molecule has 2 aromatic rings. The Hall–Kier alpha value is -2.86. The summed E-state index contributed by atoms with van der Waals surface area (Å²) in [5.41, 5.74) is 12.5. The molecule has 0 aliphatic heterocycles. The van der Waals surface area contributed by atoms with Crippen LogP contribution in [-0.2, 0) is 11.2 Å². The SMILES string of the molecule is CN(C)C(=O)C(N)Cc1ccc(Oc2ccc(C(N)=O)cc2)cc1. The molecule has 6 heteroatoms. The van der Waals surface area contributed by atoms with Gasteiger partial charge >= 0.3 is 0 Å². The summed E-state index contributed by atoms with van der Waals surface area (Å²) in [4.78, 5) is 24.3. The predicted molar refractivity (Wildman–Crippen MR) is 91.8 cm³/mol. The van der Waals surface area contributed by atoms with Crippen LogP contribution in [0.5, 0.6) is 11.5 Å². The van der Waals surface area contributed by atoms with E-state index < -0.39 is 11.9 Å². The summed E-state index contributed by atoms with van der Waals surface area (Å²) in [7, 11) is 3.37. The van der Waals surface area contributed by atoms with Gasteiger partial charge in [0.1, 0.15) is 11.5 Å². The van der Waals surface area contributed by atoms with E-state index in [4.69, 9.17) is 16.2 Å². The first-order chi connectivity index (χ1) is 11.4. The van der Waals surface area contributed by atoms with E-state index in [1.807, 2.05) is 24.3 Å². The van der Waals surface area contributed by atoms with E-state index in [1.54, 1.807) is 38.4 Å². The maximum Gasteiger partial charge on any atom is 0.248 e. The van der Waals surface area contributed by atoms with Gasteiger partial charge in [0.15, 0.2) is 0 Å². The largest absolute Gasteiger partial charge is 0.457 e. The highest BCUT2D eigenvalue weighted by molar-refractivity contribution is 5.92. The fourth-order valence-electron chi connectivity index (χ4n) is 2.19. The van der Waals surface area contributed by atoms with Gasteiger partial charge in [-0.1, -0.05) is 12.1 Å². The van der Waals surface area contributed by atoms with Gasteiger partial charge in [-0.05, 0) is 48.4 Å². The van der Waals surface area contributed by atoms with Crippen molar-refractivity contribution in [3.63, 3.8) is 0 Å². The van der Waals surface area contributed by atoms with E-state index in [2.05, 4.69) is 0 Å². The number of rotatable bonds is 6. The van der Waals surface area contributed by atoms with Crippen LogP contribution < -0.4 is 16.2 Å². The molecular weight excluding hydrogens is 306 g/mol. The molecule has 126 valence electrons. The van der Waals surface area contributed by atoms with Crippen LogP contribution in [0, 0.1) is 0 Å². The van der Waals surface area contributed by atoms with Crippen molar-refractivity contribution in [2.75, 3.05) is 14.1 Å². The number of hydrogen-bond donors (Lipinski definition) is 2. The van der Waals surface area contributed by atoms with E-state index in [1.165, 1.54) is 4.90 Å². The summed E-state index contributed by atoms with van der Waals surface area (Å²) in [6.45, 7) is 0. The van der Waals surface area contributed by atoms with Gasteiger partial charge in [0.2, 0.25) is 11.8 Å². The first-order valence-corrected chi connectivity index (χ1v) is 7.50. The lowest BCUT2D eigenvalue weighted by Crippen LogP contribution is -2.41. The summed E-state index contributed by atoms with van der Waals surface area (Å²) in [6, 6.07) is 13.4. The predicted octanol–water partition coefficient (Wildman–Crippen LogP) is 1.54. The van der Waals surface area contributed by atoms with Gasteiger partial charge in [-0.25, -0.2) is 0 Å². The lowest BCUT2D eigenvalue weighted by atomic mass is 10.1. The molecule has 0 aliphatic carbocycles. The standard InChI is InChI=1S/C18H21N3O3/c1-21(2)18(23)16(19)11-12-3-7-14(8-4-12)24-15-9-5-13(6-10-15)17(20)22/h3-10,16H,11,19H2,1-2H3,(H2,20,22). The quantitative estimate of drug-likeness (QED) is 0.840. The van der Waals surface area contributed by atoms with Gasteiger partial charge in [-0.2, -0.15) is 0 Å². The molecule has 2 rings (SSSR count). The van der Waals surface area contributed by atoms with Crippen LogP contribution in [0.3, 0.4) is 0 Å². The van der Waals surface area contributed by atoms with Crippen molar-refractivity contribution >= 4 is 11.8 Å². The maximum atomic E-state index is 11.8. The number of ether oxygens (including phenoxy) is 1. The number of primary amides is 1.